The highest BCUT2D eigenvalue weighted by Crippen LogP contribution is 2.26. The largest absolute Gasteiger partial charge is 0.497 e. The number of carbonyl (C=O) groups is 1. The lowest BCUT2D eigenvalue weighted by Gasteiger charge is -2.04. The second kappa shape index (κ2) is 4.99. The van der Waals surface area contributed by atoms with Crippen LogP contribution in [0.1, 0.15) is 30.9 Å². The summed E-state index contributed by atoms with van der Waals surface area (Å²) in [5.74, 6) is 0.807. The van der Waals surface area contributed by atoms with E-state index in [2.05, 4.69) is 10.5 Å². The summed E-state index contributed by atoms with van der Waals surface area (Å²) in [4.78, 5) is 11.1. The molecule has 0 saturated heterocycles. The zero-order valence-electron chi connectivity index (χ0n) is 10.1. The molecule has 1 aliphatic carbocycles. The molecule has 0 unspecified atom stereocenters. The zero-order chi connectivity index (χ0) is 12.3. The Kier molecular flexibility index (Phi) is 3.42. The van der Waals surface area contributed by atoms with Crippen molar-refractivity contribution in [3.05, 3.63) is 29.3 Å². The van der Waals surface area contributed by atoms with E-state index in [1.54, 1.807) is 7.11 Å². The van der Waals surface area contributed by atoms with Gasteiger partial charge in [0.1, 0.15) is 5.75 Å². The van der Waals surface area contributed by atoms with Crippen LogP contribution in [0.25, 0.3) is 0 Å². The number of rotatable bonds is 3. The molecule has 0 heterocycles. The first-order chi connectivity index (χ1) is 8.24. The van der Waals surface area contributed by atoms with E-state index >= 15 is 0 Å². The molecule has 1 aromatic carbocycles. The van der Waals surface area contributed by atoms with Crippen molar-refractivity contribution in [1.82, 2.24) is 5.43 Å². The molecule has 1 aliphatic rings. The number of hydrogen-bond donors (Lipinski definition) is 1. The minimum Gasteiger partial charge on any atom is -0.497 e. The third kappa shape index (κ3) is 2.46. The van der Waals surface area contributed by atoms with Crippen LogP contribution in [0.2, 0.25) is 0 Å². The maximum atomic E-state index is 11.1. The molecule has 4 nitrogen and oxygen atoms in total. The predicted octanol–water partition coefficient (Wildman–Crippen LogP) is 1.87. The first kappa shape index (κ1) is 11.6. The van der Waals surface area contributed by atoms with Crippen LogP contribution in [-0.2, 0) is 11.2 Å². The van der Waals surface area contributed by atoms with E-state index in [1.807, 2.05) is 25.1 Å². The monoisotopic (exact) mass is 232 g/mol. The van der Waals surface area contributed by atoms with Crippen LogP contribution in [0.5, 0.6) is 5.75 Å². The number of benzene rings is 1. The molecule has 0 spiro atoms. The van der Waals surface area contributed by atoms with Crippen molar-refractivity contribution in [2.45, 2.75) is 26.2 Å². The molecule has 0 radical (unpaired) electrons. The number of nitrogens with one attached hydrogen (secondary N) is 1. The number of fused-ring (bicyclic) bond motifs is 1. The van der Waals surface area contributed by atoms with Gasteiger partial charge in [-0.15, -0.1) is 0 Å². The third-order valence-corrected chi connectivity index (χ3v) is 2.89. The fourth-order valence-electron chi connectivity index (χ4n) is 1.90. The van der Waals surface area contributed by atoms with E-state index in [0.717, 1.165) is 29.9 Å². The molecule has 1 N–H and O–H groups in total. The Morgan fingerprint density at radius 2 is 2.29 bits per heavy atom. The number of amides is 1. The van der Waals surface area contributed by atoms with Gasteiger partial charge in [0.05, 0.1) is 12.8 Å². The van der Waals surface area contributed by atoms with Gasteiger partial charge >= 0.3 is 0 Å². The molecular formula is C13H16N2O2. The van der Waals surface area contributed by atoms with E-state index in [1.165, 1.54) is 5.56 Å². The molecule has 0 saturated carbocycles. The lowest BCUT2D eigenvalue weighted by atomic mass is 10.1. The second-order valence-electron chi connectivity index (χ2n) is 3.97. The first-order valence-corrected chi connectivity index (χ1v) is 5.77. The van der Waals surface area contributed by atoms with E-state index in [4.69, 9.17) is 4.74 Å². The summed E-state index contributed by atoms with van der Waals surface area (Å²) >= 11 is 0. The van der Waals surface area contributed by atoms with E-state index in [9.17, 15) is 4.79 Å². The molecule has 0 fully saturated rings. The number of aryl methyl sites for hydroxylation is 1. The maximum Gasteiger partial charge on any atom is 0.239 e. The van der Waals surface area contributed by atoms with Gasteiger partial charge in [-0.25, -0.2) is 5.43 Å². The van der Waals surface area contributed by atoms with Gasteiger partial charge in [0.2, 0.25) is 5.91 Å². The zero-order valence-corrected chi connectivity index (χ0v) is 10.1. The fraction of sp³-hybridized carbons (Fsp3) is 0.385. The number of hydrazone groups is 1. The molecule has 0 aromatic heterocycles. The Bertz CT molecular complexity index is 466. The van der Waals surface area contributed by atoms with Crippen molar-refractivity contribution in [2.75, 3.05) is 7.11 Å². The van der Waals surface area contributed by atoms with Crippen LogP contribution in [0.3, 0.4) is 0 Å². The van der Waals surface area contributed by atoms with Gasteiger partial charge in [0.25, 0.3) is 0 Å². The van der Waals surface area contributed by atoms with Crippen molar-refractivity contribution >= 4 is 11.6 Å². The molecule has 0 aliphatic heterocycles. The third-order valence-electron chi connectivity index (χ3n) is 2.89. The summed E-state index contributed by atoms with van der Waals surface area (Å²) in [7, 11) is 1.66. The summed E-state index contributed by atoms with van der Waals surface area (Å²) in [5.41, 5.74) is 5.85. The van der Waals surface area contributed by atoms with Gasteiger partial charge in [0, 0.05) is 12.0 Å². The minimum absolute atomic E-state index is 0.0561. The predicted molar refractivity (Wildman–Crippen MR) is 66.3 cm³/mol. The average Bonchev–Trinajstić information content (AvgIpc) is 2.77. The van der Waals surface area contributed by atoms with E-state index < -0.39 is 0 Å². The normalized spacial score (nSPS) is 15.8. The molecule has 17 heavy (non-hydrogen) atoms. The number of carbonyl (C=O) groups excluding carboxylic acids is 1. The van der Waals surface area contributed by atoms with Crippen molar-refractivity contribution in [2.24, 2.45) is 5.10 Å². The van der Waals surface area contributed by atoms with Crippen LogP contribution in [-0.4, -0.2) is 18.7 Å². The molecule has 4 heteroatoms. The fourth-order valence-corrected chi connectivity index (χ4v) is 1.90. The van der Waals surface area contributed by atoms with Crippen LogP contribution >= 0.6 is 0 Å². The first-order valence-electron chi connectivity index (χ1n) is 5.77. The van der Waals surface area contributed by atoms with E-state index in [-0.39, 0.29) is 5.91 Å². The quantitative estimate of drug-likeness (QED) is 0.809. The smallest absolute Gasteiger partial charge is 0.239 e. The molecule has 1 aromatic rings. The maximum absolute atomic E-state index is 11.1. The number of methoxy groups -OCH3 is 1. The van der Waals surface area contributed by atoms with Crippen LogP contribution in [0.15, 0.2) is 23.3 Å². The van der Waals surface area contributed by atoms with Gasteiger partial charge in [-0.2, -0.15) is 5.10 Å². The molecule has 90 valence electrons. The van der Waals surface area contributed by atoms with Crippen molar-refractivity contribution in [1.29, 1.82) is 0 Å². The van der Waals surface area contributed by atoms with E-state index in [0.29, 0.717) is 6.42 Å². The second-order valence-corrected chi connectivity index (χ2v) is 3.97. The van der Waals surface area contributed by atoms with Crippen molar-refractivity contribution < 1.29 is 9.53 Å². The van der Waals surface area contributed by atoms with Gasteiger partial charge in [-0.1, -0.05) is 6.92 Å². The van der Waals surface area contributed by atoms with Gasteiger partial charge < -0.3 is 4.74 Å². The molecule has 2 rings (SSSR count). The highest BCUT2D eigenvalue weighted by molar-refractivity contribution is 6.05. The summed E-state index contributed by atoms with van der Waals surface area (Å²) in [6, 6.07) is 5.94. The lowest BCUT2D eigenvalue weighted by Crippen LogP contribution is -2.17. The van der Waals surface area contributed by atoms with Gasteiger partial charge in [-0.05, 0) is 36.6 Å². The Balaban J connectivity index is 2.19. The van der Waals surface area contributed by atoms with Gasteiger partial charge in [-0.3, -0.25) is 4.79 Å². The molecule has 1 amide bonds. The van der Waals surface area contributed by atoms with Crippen LogP contribution in [0.4, 0.5) is 0 Å². The lowest BCUT2D eigenvalue weighted by molar-refractivity contribution is -0.120. The van der Waals surface area contributed by atoms with Crippen molar-refractivity contribution in [3.63, 3.8) is 0 Å². The molecule has 0 bridgehead atoms. The minimum atomic E-state index is -0.0561. The summed E-state index contributed by atoms with van der Waals surface area (Å²) in [5, 5.41) is 4.17. The Labute approximate surface area is 101 Å². The Morgan fingerprint density at radius 1 is 1.47 bits per heavy atom. The van der Waals surface area contributed by atoms with Gasteiger partial charge in [0.15, 0.2) is 0 Å². The summed E-state index contributed by atoms with van der Waals surface area (Å²) in [6.45, 7) is 1.81. The highest BCUT2D eigenvalue weighted by atomic mass is 16.5. The highest BCUT2D eigenvalue weighted by Gasteiger charge is 2.18. The average molecular weight is 232 g/mol. The Morgan fingerprint density at radius 3 is 3.00 bits per heavy atom. The van der Waals surface area contributed by atoms with Crippen LogP contribution in [0, 0.1) is 0 Å². The summed E-state index contributed by atoms with van der Waals surface area (Å²) < 4.78 is 5.18. The number of hydrogen-bond acceptors (Lipinski definition) is 3. The Hall–Kier alpha value is -1.84. The standard InChI is InChI=1S/C13H16N2O2/c1-3-13(16)15-14-12-7-4-9-8-10(17-2)5-6-11(9)12/h5-6,8H,3-4,7H2,1-2H3,(H,15,16)/b14-12-. The van der Waals surface area contributed by atoms with Crippen LogP contribution < -0.4 is 10.2 Å². The SMILES string of the molecule is CCC(=O)N/N=C1/CCc2cc(OC)ccc21. The molecule has 0 atom stereocenters. The number of ether oxygens (including phenoxy) is 1. The summed E-state index contributed by atoms with van der Waals surface area (Å²) in [6.07, 6.45) is 2.27. The number of nitrogens with zero attached hydrogens (tertiary/aromatic N) is 1. The topological polar surface area (TPSA) is 50.7 Å². The molecular weight excluding hydrogens is 216 g/mol. The van der Waals surface area contributed by atoms with Crippen molar-refractivity contribution in [3.8, 4) is 5.75 Å².